The number of hydrogen-bond donors (Lipinski definition) is 4. The summed E-state index contributed by atoms with van der Waals surface area (Å²) in [4.78, 5) is 28.1. The molecule has 0 saturated heterocycles. The van der Waals surface area contributed by atoms with Gasteiger partial charge in [0, 0.05) is 24.8 Å². The second-order valence-electron chi connectivity index (χ2n) is 6.25. The van der Waals surface area contributed by atoms with Crippen molar-refractivity contribution in [2.75, 3.05) is 11.1 Å². The molecule has 5 N–H and O–H groups in total. The highest BCUT2D eigenvalue weighted by Gasteiger charge is 2.09. The van der Waals surface area contributed by atoms with Gasteiger partial charge < -0.3 is 21.7 Å². The number of nitrogens with one attached hydrogen (secondary N) is 3. The third kappa shape index (κ3) is 5.77. The first-order valence-electron chi connectivity index (χ1n) is 8.88. The minimum atomic E-state index is -0.344. The van der Waals surface area contributed by atoms with Crippen LogP contribution < -0.4 is 21.7 Å². The van der Waals surface area contributed by atoms with E-state index in [2.05, 4.69) is 20.9 Å². The molecule has 3 amide bonds. The summed E-state index contributed by atoms with van der Waals surface area (Å²) < 4.78 is 12.9. The molecule has 1 heterocycles. The molecule has 0 atom stereocenters. The fourth-order valence-corrected chi connectivity index (χ4v) is 2.52. The molecular formula is C21H20FN5O2. The Labute approximate surface area is 167 Å². The van der Waals surface area contributed by atoms with Crippen LogP contribution in [0.5, 0.6) is 0 Å². The molecule has 3 aromatic rings. The van der Waals surface area contributed by atoms with Crippen LogP contribution in [-0.4, -0.2) is 16.9 Å². The van der Waals surface area contributed by atoms with Crippen LogP contribution in [0.25, 0.3) is 0 Å². The number of aromatic nitrogens is 1. The molecule has 0 saturated carbocycles. The van der Waals surface area contributed by atoms with E-state index in [1.807, 2.05) is 0 Å². The summed E-state index contributed by atoms with van der Waals surface area (Å²) in [6, 6.07) is 15.7. The number of benzene rings is 2. The van der Waals surface area contributed by atoms with Crippen LogP contribution in [0, 0.1) is 5.82 Å². The molecule has 0 aliphatic rings. The number of rotatable bonds is 6. The van der Waals surface area contributed by atoms with Gasteiger partial charge in [0.15, 0.2) is 0 Å². The Balaban J connectivity index is 1.47. The Morgan fingerprint density at radius 1 is 0.897 bits per heavy atom. The van der Waals surface area contributed by atoms with Crippen LogP contribution in [0.4, 0.5) is 20.7 Å². The van der Waals surface area contributed by atoms with Gasteiger partial charge in [0.1, 0.15) is 11.6 Å². The Morgan fingerprint density at radius 2 is 1.48 bits per heavy atom. The second kappa shape index (κ2) is 9.32. The number of carbonyl (C=O) groups is 2. The van der Waals surface area contributed by atoms with Gasteiger partial charge >= 0.3 is 6.03 Å². The van der Waals surface area contributed by atoms with Crippen molar-refractivity contribution in [1.29, 1.82) is 0 Å². The second-order valence-corrected chi connectivity index (χ2v) is 6.25. The lowest BCUT2D eigenvalue weighted by Crippen LogP contribution is -2.34. The molecule has 0 spiro atoms. The number of nitrogen functional groups attached to an aromatic ring is 1. The minimum Gasteiger partial charge on any atom is -0.382 e. The molecule has 0 aliphatic carbocycles. The van der Waals surface area contributed by atoms with Crippen LogP contribution >= 0.6 is 0 Å². The van der Waals surface area contributed by atoms with Gasteiger partial charge in [-0.1, -0.05) is 24.3 Å². The van der Waals surface area contributed by atoms with Gasteiger partial charge in [-0.2, -0.15) is 0 Å². The third-order valence-electron chi connectivity index (χ3n) is 4.12. The number of anilines is 2. The smallest absolute Gasteiger partial charge is 0.315 e. The number of halogens is 1. The van der Waals surface area contributed by atoms with Crippen LogP contribution in [0.3, 0.4) is 0 Å². The zero-order valence-corrected chi connectivity index (χ0v) is 15.5. The normalized spacial score (nSPS) is 10.2. The average molecular weight is 393 g/mol. The van der Waals surface area contributed by atoms with E-state index in [0.717, 1.165) is 11.1 Å². The summed E-state index contributed by atoms with van der Waals surface area (Å²) in [7, 11) is 0. The first-order valence-corrected chi connectivity index (χ1v) is 8.88. The molecule has 3 rings (SSSR count). The van der Waals surface area contributed by atoms with Crippen molar-refractivity contribution in [1.82, 2.24) is 15.6 Å². The van der Waals surface area contributed by atoms with Gasteiger partial charge in [-0.25, -0.2) is 14.2 Å². The van der Waals surface area contributed by atoms with Gasteiger partial charge in [0.2, 0.25) is 0 Å². The maximum absolute atomic E-state index is 12.9. The number of urea groups is 1. The first-order chi connectivity index (χ1) is 14.0. The average Bonchev–Trinajstić information content (AvgIpc) is 2.74. The first kappa shape index (κ1) is 19.8. The topological polar surface area (TPSA) is 109 Å². The number of hydrogen-bond acceptors (Lipinski definition) is 4. The lowest BCUT2D eigenvalue weighted by atomic mass is 10.1. The molecule has 8 heteroatoms. The zero-order valence-electron chi connectivity index (χ0n) is 15.5. The summed E-state index contributed by atoms with van der Waals surface area (Å²) in [5.74, 6) is -0.381. The molecule has 0 fully saturated rings. The Morgan fingerprint density at radius 3 is 2.07 bits per heavy atom. The summed E-state index contributed by atoms with van der Waals surface area (Å²) >= 11 is 0. The van der Waals surface area contributed by atoms with E-state index in [0.29, 0.717) is 24.3 Å². The summed E-state index contributed by atoms with van der Waals surface area (Å²) in [6.45, 7) is 0.593. The highest BCUT2D eigenvalue weighted by molar-refractivity contribution is 6.05. The lowest BCUT2D eigenvalue weighted by molar-refractivity contribution is 0.102. The zero-order chi connectivity index (χ0) is 20.6. The standard InChI is InChI=1S/C21H20FN5O2/c22-17-9-5-15(6-10-17)13-26-21(29)25-12-14-3-7-16(8-4-14)20(28)27-18-2-1-11-24-19(18)23/h1-11H,12-13H2,(H2,23,24)(H,27,28)(H2,25,26,29). The molecule has 1 aromatic heterocycles. The van der Waals surface area contributed by atoms with Crippen LogP contribution in [0.15, 0.2) is 66.9 Å². The molecule has 0 unspecified atom stereocenters. The van der Waals surface area contributed by atoms with Crippen LogP contribution in [-0.2, 0) is 13.1 Å². The van der Waals surface area contributed by atoms with Crippen molar-refractivity contribution in [2.45, 2.75) is 13.1 Å². The van der Waals surface area contributed by atoms with Crippen molar-refractivity contribution >= 4 is 23.4 Å². The quantitative estimate of drug-likeness (QED) is 0.516. The fraction of sp³-hybridized carbons (Fsp3) is 0.0952. The molecule has 29 heavy (non-hydrogen) atoms. The Kier molecular flexibility index (Phi) is 6.36. The van der Waals surface area contributed by atoms with E-state index in [1.54, 1.807) is 54.7 Å². The fourth-order valence-electron chi connectivity index (χ4n) is 2.52. The summed E-state index contributed by atoms with van der Waals surface area (Å²) in [5, 5.41) is 8.13. The van der Waals surface area contributed by atoms with Crippen LogP contribution in [0.2, 0.25) is 0 Å². The van der Waals surface area contributed by atoms with Gasteiger partial charge in [0.05, 0.1) is 5.69 Å². The number of nitrogens with two attached hydrogens (primary N) is 1. The summed E-state index contributed by atoms with van der Waals surface area (Å²) in [6.07, 6.45) is 1.54. The maximum atomic E-state index is 12.9. The summed E-state index contributed by atoms with van der Waals surface area (Å²) in [5.41, 5.74) is 8.25. The molecule has 0 aliphatic heterocycles. The third-order valence-corrected chi connectivity index (χ3v) is 4.12. The van der Waals surface area contributed by atoms with Crippen molar-refractivity contribution < 1.29 is 14.0 Å². The van der Waals surface area contributed by atoms with Crippen molar-refractivity contribution in [3.63, 3.8) is 0 Å². The highest BCUT2D eigenvalue weighted by atomic mass is 19.1. The molecule has 148 valence electrons. The number of pyridine rings is 1. The Bertz CT molecular complexity index is 991. The highest BCUT2D eigenvalue weighted by Crippen LogP contribution is 2.15. The number of nitrogens with zero attached hydrogens (tertiary/aromatic N) is 1. The predicted molar refractivity (Wildman–Crippen MR) is 109 cm³/mol. The van der Waals surface area contributed by atoms with Crippen LogP contribution in [0.1, 0.15) is 21.5 Å². The molecule has 0 bridgehead atoms. The van der Waals surface area contributed by atoms with Crippen molar-refractivity contribution in [3.8, 4) is 0 Å². The minimum absolute atomic E-state index is 0.244. The van der Waals surface area contributed by atoms with Gasteiger partial charge in [-0.15, -0.1) is 0 Å². The largest absolute Gasteiger partial charge is 0.382 e. The van der Waals surface area contributed by atoms with Gasteiger partial charge in [0.25, 0.3) is 5.91 Å². The van der Waals surface area contributed by atoms with E-state index >= 15 is 0 Å². The number of carbonyl (C=O) groups excluding carboxylic acids is 2. The Hall–Kier alpha value is -3.94. The van der Waals surface area contributed by atoms with E-state index in [1.165, 1.54) is 12.1 Å². The van der Waals surface area contributed by atoms with E-state index in [-0.39, 0.29) is 23.6 Å². The lowest BCUT2D eigenvalue weighted by Gasteiger charge is -2.09. The SMILES string of the molecule is Nc1ncccc1NC(=O)c1ccc(CNC(=O)NCc2ccc(F)cc2)cc1. The molecule has 7 nitrogen and oxygen atoms in total. The maximum Gasteiger partial charge on any atom is 0.315 e. The van der Waals surface area contributed by atoms with E-state index < -0.39 is 0 Å². The molecule has 0 radical (unpaired) electrons. The van der Waals surface area contributed by atoms with E-state index in [4.69, 9.17) is 5.73 Å². The number of amides is 3. The van der Waals surface area contributed by atoms with Crippen molar-refractivity contribution in [3.05, 3.63) is 89.4 Å². The molecular weight excluding hydrogens is 373 g/mol. The van der Waals surface area contributed by atoms with Gasteiger partial charge in [-0.05, 0) is 47.5 Å². The monoisotopic (exact) mass is 393 g/mol. The molecule has 2 aromatic carbocycles. The van der Waals surface area contributed by atoms with Crippen molar-refractivity contribution in [2.24, 2.45) is 0 Å². The van der Waals surface area contributed by atoms with Gasteiger partial charge in [-0.3, -0.25) is 4.79 Å². The predicted octanol–water partition coefficient (Wildman–Crippen LogP) is 3.05. The van der Waals surface area contributed by atoms with E-state index in [9.17, 15) is 14.0 Å².